The van der Waals surface area contributed by atoms with Gasteiger partial charge < -0.3 is 10.5 Å². The van der Waals surface area contributed by atoms with E-state index in [-0.39, 0.29) is 0 Å². The van der Waals surface area contributed by atoms with E-state index in [2.05, 4.69) is 24.3 Å². The van der Waals surface area contributed by atoms with Crippen LogP contribution in [-0.4, -0.2) is 0 Å². The number of benzene rings is 2. The van der Waals surface area contributed by atoms with Crippen molar-refractivity contribution in [1.82, 2.24) is 0 Å². The first-order valence-electron chi connectivity index (χ1n) is 5.96. The minimum atomic E-state index is 0.469. The summed E-state index contributed by atoms with van der Waals surface area (Å²) in [6, 6.07) is 12.4. The van der Waals surface area contributed by atoms with Crippen molar-refractivity contribution in [2.45, 2.75) is 19.8 Å². The number of hydrogen-bond acceptors (Lipinski definition) is 2. The lowest BCUT2D eigenvalue weighted by molar-refractivity contribution is 0.134. The molecule has 1 aliphatic heterocycles. The van der Waals surface area contributed by atoms with Crippen LogP contribution in [0, 0.1) is 0 Å². The highest BCUT2D eigenvalue weighted by Gasteiger charge is 2.12. The maximum absolute atomic E-state index is 6.19. The van der Waals surface area contributed by atoms with Crippen molar-refractivity contribution in [3.63, 3.8) is 0 Å². The van der Waals surface area contributed by atoms with E-state index in [0.717, 1.165) is 22.8 Å². The van der Waals surface area contributed by atoms with Crippen molar-refractivity contribution in [1.29, 1.82) is 0 Å². The van der Waals surface area contributed by atoms with Crippen molar-refractivity contribution in [2.24, 2.45) is 5.73 Å². The van der Waals surface area contributed by atoms with Crippen molar-refractivity contribution in [3.8, 4) is 11.1 Å². The monoisotopic (exact) mass is 259 g/mol. The molecule has 0 aromatic heterocycles. The van der Waals surface area contributed by atoms with Gasteiger partial charge in [0.1, 0.15) is 0 Å². The van der Waals surface area contributed by atoms with Crippen molar-refractivity contribution in [2.75, 3.05) is 0 Å². The minimum absolute atomic E-state index is 0.469. The van der Waals surface area contributed by atoms with Crippen LogP contribution in [-0.2, 0) is 24.5 Å². The van der Waals surface area contributed by atoms with E-state index in [1.807, 2.05) is 12.1 Å². The maximum atomic E-state index is 6.19. The largest absolute Gasteiger partial charge is 0.372 e. The lowest BCUT2D eigenvalue weighted by Gasteiger charge is -2.07. The predicted molar refractivity (Wildman–Crippen MR) is 73.3 cm³/mol. The summed E-state index contributed by atoms with van der Waals surface area (Å²) in [5.74, 6) is 0. The highest BCUT2D eigenvalue weighted by molar-refractivity contribution is 6.31. The Morgan fingerprint density at radius 1 is 1.00 bits per heavy atom. The molecule has 2 aromatic carbocycles. The Labute approximate surface area is 111 Å². The zero-order chi connectivity index (χ0) is 12.5. The third-order valence-electron chi connectivity index (χ3n) is 3.33. The van der Waals surface area contributed by atoms with Crippen LogP contribution in [0.1, 0.15) is 16.7 Å². The standard InChI is InChI=1S/C15H14ClNO/c16-15-6-11(1-3-12(15)7-17)10-2-4-13-8-18-9-14(13)5-10/h1-6H,7-9,17H2. The highest BCUT2D eigenvalue weighted by Crippen LogP contribution is 2.29. The molecule has 2 aromatic rings. The quantitative estimate of drug-likeness (QED) is 0.896. The van der Waals surface area contributed by atoms with Gasteiger partial charge in [0, 0.05) is 11.6 Å². The first-order valence-corrected chi connectivity index (χ1v) is 6.34. The Hall–Kier alpha value is -1.35. The van der Waals surface area contributed by atoms with Crippen molar-refractivity contribution < 1.29 is 4.74 Å². The summed E-state index contributed by atoms with van der Waals surface area (Å²) < 4.78 is 5.42. The summed E-state index contributed by atoms with van der Waals surface area (Å²) in [7, 11) is 0. The topological polar surface area (TPSA) is 35.2 Å². The molecule has 0 fully saturated rings. The summed E-state index contributed by atoms with van der Waals surface area (Å²) in [5.41, 5.74) is 11.4. The van der Waals surface area contributed by atoms with Gasteiger partial charge in [-0.25, -0.2) is 0 Å². The van der Waals surface area contributed by atoms with Crippen molar-refractivity contribution >= 4 is 11.6 Å². The summed E-state index contributed by atoms with van der Waals surface area (Å²) in [5, 5.41) is 0.728. The summed E-state index contributed by atoms with van der Waals surface area (Å²) in [4.78, 5) is 0. The van der Waals surface area contributed by atoms with E-state index >= 15 is 0 Å². The molecule has 0 aliphatic carbocycles. The molecule has 0 saturated carbocycles. The molecule has 2 nitrogen and oxygen atoms in total. The summed E-state index contributed by atoms with van der Waals surface area (Å²) >= 11 is 6.19. The lowest BCUT2D eigenvalue weighted by atomic mass is 9.99. The van der Waals surface area contributed by atoms with Crippen LogP contribution in [0.2, 0.25) is 5.02 Å². The molecule has 0 radical (unpaired) electrons. The van der Waals surface area contributed by atoms with Gasteiger partial charge in [-0.05, 0) is 39.9 Å². The summed E-state index contributed by atoms with van der Waals surface area (Å²) in [6.45, 7) is 1.90. The molecule has 2 N–H and O–H groups in total. The number of hydrogen-bond donors (Lipinski definition) is 1. The van der Waals surface area contributed by atoms with Crippen LogP contribution in [0.15, 0.2) is 36.4 Å². The van der Waals surface area contributed by atoms with Gasteiger partial charge in [0.15, 0.2) is 0 Å². The third kappa shape index (κ3) is 2.03. The second-order valence-corrected chi connectivity index (χ2v) is 4.89. The third-order valence-corrected chi connectivity index (χ3v) is 3.68. The van der Waals surface area contributed by atoms with Gasteiger partial charge in [-0.2, -0.15) is 0 Å². The smallest absolute Gasteiger partial charge is 0.0725 e. The SMILES string of the molecule is NCc1ccc(-c2ccc3c(c2)COC3)cc1Cl. The Morgan fingerprint density at radius 3 is 2.50 bits per heavy atom. The van der Waals surface area contributed by atoms with Gasteiger partial charge in [0.05, 0.1) is 13.2 Å². The Bertz CT molecular complexity index is 595. The average Bonchev–Trinajstić information content (AvgIpc) is 2.85. The summed E-state index contributed by atoms with van der Waals surface area (Å²) in [6.07, 6.45) is 0. The maximum Gasteiger partial charge on any atom is 0.0725 e. The molecule has 0 unspecified atom stereocenters. The predicted octanol–water partition coefficient (Wildman–Crippen LogP) is 3.50. The number of nitrogens with two attached hydrogens (primary N) is 1. The number of halogens is 1. The van der Waals surface area contributed by atoms with Crippen LogP contribution in [0.4, 0.5) is 0 Å². The number of fused-ring (bicyclic) bond motifs is 1. The first-order chi connectivity index (χ1) is 8.78. The van der Waals surface area contributed by atoms with Gasteiger partial charge in [-0.15, -0.1) is 0 Å². The fourth-order valence-electron chi connectivity index (χ4n) is 2.24. The molecule has 92 valence electrons. The van der Waals surface area contributed by atoms with E-state index < -0.39 is 0 Å². The highest BCUT2D eigenvalue weighted by atomic mass is 35.5. The number of ether oxygens (including phenoxy) is 1. The molecule has 0 atom stereocenters. The Kier molecular flexibility index (Phi) is 3.08. The molecular weight excluding hydrogens is 246 g/mol. The van der Waals surface area contributed by atoms with E-state index in [1.165, 1.54) is 16.7 Å². The van der Waals surface area contributed by atoms with E-state index in [0.29, 0.717) is 13.2 Å². The molecule has 18 heavy (non-hydrogen) atoms. The van der Waals surface area contributed by atoms with Crippen LogP contribution in [0.3, 0.4) is 0 Å². The zero-order valence-corrected chi connectivity index (χ0v) is 10.7. The van der Waals surface area contributed by atoms with Gasteiger partial charge in [-0.3, -0.25) is 0 Å². The van der Waals surface area contributed by atoms with Gasteiger partial charge in [0.25, 0.3) is 0 Å². The molecular formula is C15H14ClNO. The fraction of sp³-hybridized carbons (Fsp3) is 0.200. The van der Waals surface area contributed by atoms with Crippen molar-refractivity contribution in [3.05, 3.63) is 58.1 Å². The molecule has 3 heteroatoms. The average molecular weight is 260 g/mol. The van der Waals surface area contributed by atoms with Gasteiger partial charge >= 0.3 is 0 Å². The van der Waals surface area contributed by atoms with Crippen LogP contribution < -0.4 is 5.73 Å². The molecule has 3 rings (SSSR count). The fourth-order valence-corrected chi connectivity index (χ4v) is 2.50. The van der Waals surface area contributed by atoms with Gasteiger partial charge in [-0.1, -0.05) is 35.9 Å². The molecule has 0 bridgehead atoms. The van der Waals surface area contributed by atoms with E-state index in [4.69, 9.17) is 22.1 Å². The molecule has 0 spiro atoms. The molecule has 0 saturated heterocycles. The molecule has 0 amide bonds. The lowest BCUT2D eigenvalue weighted by Crippen LogP contribution is -1.97. The zero-order valence-electron chi connectivity index (χ0n) is 9.95. The Morgan fingerprint density at radius 2 is 1.72 bits per heavy atom. The second kappa shape index (κ2) is 4.73. The molecule has 1 aliphatic rings. The number of rotatable bonds is 2. The Balaban J connectivity index is 2.02. The normalized spacial score (nSPS) is 13.7. The first kappa shape index (κ1) is 11.7. The molecule has 1 heterocycles. The minimum Gasteiger partial charge on any atom is -0.372 e. The second-order valence-electron chi connectivity index (χ2n) is 4.49. The van der Waals surface area contributed by atoms with E-state index in [9.17, 15) is 0 Å². The van der Waals surface area contributed by atoms with Crippen LogP contribution in [0.25, 0.3) is 11.1 Å². The van der Waals surface area contributed by atoms with E-state index in [1.54, 1.807) is 0 Å². The van der Waals surface area contributed by atoms with Crippen LogP contribution >= 0.6 is 11.6 Å². The van der Waals surface area contributed by atoms with Crippen LogP contribution in [0.5, 0.6) is 0 Å². The van der Waals surface area contributed by atoms with Gasteiger partial charge in [0.2, 0.25) is 0 Å².